The lowest BCUT2D eigenvalue weighted by Crippen LogP contribution is -2.16. The molecule has 3 aromatic rings. The van der Waals surface area contributed by atoms with Crippen molar-refractivity contribution in [3.8, 4) is 0 Å². The van der Waals surface area contributed by atoms with E-state index in [9.17, 15) is 4.79 Å². The maximum Gasteiger partial charge on any atom is 0.249 e. The molecule has 0 aliphatic rings. The number of hydrogen-bond acceptors (Lipinski definition) is 3. The van der Waals surface area contributed by atoms with Gasteiger partial charge in [-0.25, -0.2) is 0 Å². The van der Waals surface area contributed by atoms with Crippen molar-refractivity contribution in [2.45, 2.75) is 45.6 Å². The second-order valence-corrected chi connectivity index (χ2v) is 8.63. The second kappa shape index (κ2) is 8.23. The molecule has 1 amide bonds. The Morgan fingerprint density at radius 1 is 1.12 bits per heavy atom. The van der Waals surface area contributed by atoms with Crippen molar-refractivity contribution in [1.29, 1.82) is 0 Å². The first-order chi connectivity index (χ1) is 12.5. The molecule has 1 heterocycles. The van der Waals surface area contributed by atoms with Crippen molar-refractivity contribution < 1.29 is 4.79 Å². The first-order valence-corrected chi connectivity index (χ1v) is 10.7. The van der Waals surface area contributed by atoms with E-state index in [2.05, 4.69) is 73.7 Å². The summed E-state index contributed by atoms with van der Waals surface area (Å²) < 4.78 is 3.33. The Morgan fingerprint density at radius 2 is 1.81 bits per heavy atom. The average molecular weight is 385 g/mol. The largest absolute Gasteiger partial charge is 0.317 e. The van der Waals surface area contributed by atoms with Crippen LogP contribution in [0.5, 0.6) is 0 Å². The highest BCUT2D eigenvalue weighted by Gasteiger charge is 2.08. The molecule has 2 aromatic carbocycles. The van der Waals surface area contributed by atoms with E-state index in [0.717, 1.165) is 17.1 Å². The SMILES string of the molecule is CCn1c(=NC(=O)CCSc2ccc(C)cc2)sc2cc(C)c(C)cc21. The molecule has 26 heavy (non-hydrogen) atoms. The standard InChI is InChI=1S/C21H24N2OS2/c1-5-23-18-12-15(3)16(4)13-19(18)26-21(23)22-20(24)10-11-25-17-8-6-14(2)7-9-17/h6-9,12-13H,5,10-11H2,1-4H3. The molecule has 0 fully saturated rings. The molecule has 0 aliphatic carbocycles. The van der Waals surface area contributed by atoms with Crippen LogP contribution < -0.4 is 4.80 Å². The van der Waals surface area contributed by atoms with Gasteiger partial charge < -0.3 is 4.57 Å². The number of rotatable bonds is 5. The van der Waals surface area contributed by atoms with Crippen LogP contribution in [0.3, 0.4) is 0 Å². The maximum atomic E-state index is 12.3. The minimum atomic E-state index is -0.0492. The van der Waals surface area contributed by atoms with Gasteiger partial charge in [-0.1, -0.05) is 29.0 Å². The summed E-state index contributed by atoms with van der Waals surface area (Å²) in [6, 6.07) is 12.8. The van der Waals surface area contributed by atoms with Gasteiger partial charge in [-0.2, -0.15) is 4.99 Å². The third-order valence-electron chi connectivity index (χ3n) is 4.44. The maximum absolute atomic E-state index is 12.3. The number of carbonyl (C=O) groups is 1. The van der Waals surface area contributed by atoms with E-state index in [1.54, 1.807) is 23.1 Å². The van der Waals surface area contributed by atoms with Crippen molar-refractivity contribution in [2.24, 2.45) is 4.99 Å². The van der Waals surface area contributed by atoms with Crippen LogP contribution in [0.4, 0.5) is 0 Å². The van der Waals surface area contributed by atoms with Crippen LogP contribution in [-0.4, -0.2) is 16.2 Å². The van der Waals surface area contributed by atoms with Crippen molar-refractivity contribution in [1.82, 2.24) is 4.57 Å². The summed E-state index contributed by atoms with van der Waals surface area (Å²) in [6.45, 7) is 9.23. The second-order valence-electron chi connectivity index (χ2n) is 6.45. The first kappa shape index (κ1) is 18.9. The van der Waals surface area contributed by atoms with Gasteiger partial charge in [-0.3, -0.25) is 4.79 Å². The summed E-state index contributed by atoms with van der Waals surface area (Å²) in [5, 5.41) is 0. The lowest BCUT2D eigenvalue weighted by atomic mass is 10.1. The number of fused-ring (bicyclic) bond motifs is 1. The van der Waals surface area contributed by atoms with Crippen LogP contribution in [0, 0.1) is 20.8 Å². The molecule has 3 rings (SSSR count). The van der Waals surface area contributed by atoms with Gasteiger partial charge in [0, 0.05) is 23.6 Å². The molecule has 0 unspecified atom stereocenters. The van der Waals surface area contributed by atoms with Crippen LogP contribution in [-0.2, 0) is 11.3 Å². The summed E-state index contributed by atoms with van der Waals surface area (Å²) in [5.74, 6) is 0.701. The highest BCUT2D eigenvalue weighted by atomic mass is 32.2. The van der Waals surface area contributed by atoms with Gasteiger partial charge in [0.1, 0.15) is 0 Å². The van der Waals surface area contributed by atoms with Crippen molar-refractivity contribution in [3.05, 3.63) is 57.9 Å². The van der Waals surface area contributed by atoms with E-state index in [4.69, 9.17) is 0 Å². The molecule has 1 aromatic heterocycles. The molecule has 5 heteroatoms. The quantitative estimate of drug-likeness (QED) is 0.563. The molecule has 136 valence electrons. The smallest absolute Gasteiger partial charge is 0.249 e. The zero-order valence-electron chi connectivity index (χ0n) is 15.7. The lowest BCUT2D eigenvalue weighted by Gasteiger charge is -2.03. The summed E-state index contributed by atoms with van der Waals surface area (Å²) in [4.78, 5) is 18.7. The number of benzene rings is 2. The number of hydrogen-bond donors (Lipinski definition) is 0. The monoisotopic (exact) mass is 384 g/mol. The zero-order valence-corrected chi connectivity index (χ0v) is 17.3. The molecular formula is C21H24N2OS2. The number of aromatic nitrogens is 1. The molecule has 0 radical (unpaired) electrons. The third kappa shape index (κ3) is 4.27. The van der Waals surface area contributed by atoms with Crippen LogP contribution in [0.1, 0.15) is 30.0 Å². The van der Waals surface area contributed by atoms with Gasteiger partial charge in [0.05, 0.1) is 10.2 Å². The van der Waals surface area contributed by atoms with Gasteiger partial charge in [0.15, 0.2) is 4.80 Å². The number of amides is 1. The van der Waals surface area contributed by atoms with Crippen LogP contribution in [0.15, 0.2) is 46.3 Å². The Labute approximate surface area is 162 Å². The van der Waals surface area contributed by atoms with E-state index >= 15 is 0 Å². The molecule has 0 N–H and O–H groups in total. The fraction of sp³-hybridized carbons (Fsp3) is 0.333. The zero-order chi connectivity index (χ0) is 18.7. The van der Waals surface area contributed by atoms with Gasteiger partial charge in [-0.15, -0.1) is 11.8 Å². The molecule has 0 aliphatic heterocycles. The fourth-order valence-electron chi connectivity index (χ4n) is 2.77. The van der Waals surface area contributed by atoms with E-state index in [1.807, 2.05) is 0 Å². The summed E-state index contributed by atoms with van der Waals surface area (Å²) in [7, 11) is 0. The van der Waals surface area contributed by atoms with Gasteiger partial charge in [-0.05, 0) is 63.1 Å². The highest BCUT2D eigenvalue weighted by Crippen LogP contribution is 2.22. The minimum Gasteiger partial charge on any atom is -0.317 e. The number of carbonyl (C=O) groups excluding carboxylic acids is 1. The third-order valence-corrected chi connectivity index (χ3v) is 6.50. The highest BCUT2D eigenvalue weighted by molar-refractivity contribution is 7.99. The van der Waals surface area contributed by atoms with E-state index in [1.165, 1.54) is 31.8 Å². The number of thiazole rings is 1. The molecule has 0 saturated heterocycles. The van der Waals surface area contributed by atoms with E-state index in [0.29, 0.717) is 6.42 Å². The summed E-state index contributed by atoms with van der Waals surface area (Å²) in [5.41, 5.74) is 4.96. The Hall–Kier alpha value is -1.85. The van der Waals surface area contributed by atoms with Crippen molar-refractivity contribution in [3.63, 3.8) is 0 Å². The van der Waals surface area contributed by atoms with E-state index < -0.39 is 0 Å². The Kier molecular flexibility index (Phi) is 5.99. The predicted octanol–water partition coefficient (Wildman–Crippen LogP) is 5.26. The first-order valence-electron chi connectivity index (χ1n) is 8.85. The van der Waals surface area contributed by atoms with Gasteiger partial charge in [0.2, 0.25) is 5.91 Å². The number of nitrogens with zero attached hydrogens (tertiary/aromatic N) is 2. The topological polar surface area (TPSA) is 34.4 Å². The summed E-state index contributed by atoms with van der Waals surface area (Å²) >= 11 is 3.30. The molecule has 0 atom stereocenters. The van der Waals surface area contributed by atoms with Crippen LogP contribution in [0.2, 0.25) is 0 Å². The molecule has 0 spiro atoms. The van der Waals surface area contributed by atoms with Crippen molar-refractivity contribution in [2.75, 3.05) is 5.75 Å². The van der Waals surface area contributed by atoms with Crippen LogP contribution >= 0.6 is 23.1 Å². The summed E-state index contributed by atoms with van der Waals surface area (Å²) in [6.07, 6.45) is 0.453. The molecule has 0 saturated carbocycles. The lowest BCUT2D eigenvalue weighted by molar-refractivity contribution is -0.117. The normalized spacial score (nSPS) is 12.1. The van der Waals surface area contributed by atoms with Gasteiger partial charge >= 0.3 is 0 Å². The number of aryl methyl sites for hydroxylation is 4. The Balaban J connectivity index is 1.76. The average Bonchev–Trinajstić information content (AvgIpc) is 2.93. The van der Waals surface area contributed by atoms with E-state index in [-0.39, 0.29) is 5.91 Å². The fourth-order valence-corrected chi connectivity index (χ4v) is 4.80. The number of thioether (sulfide) groups is 1. The Morgan fingerprint density at radius 3 is 2.50 bits per heavy atom. The molecule has 3 nitrogen and oxygen atoms in total. The van der Waals surface area contributed by atoms with Gasteiger partial charge in [0.25, 0.3) is 0 Å². The molecular weight excluding hydrogens is 360 g/mol. The minimum absolute atomic E-state index is 0.0492. The van der Waals surface area contributed by atoms with Crippen molar-refractivity contribution >= 4 is 39.2 Å². The molecule has 0 bridgehead atoms. The predicted molar refractivity (Wildman–Crippen MR) is 112 cm³/mol. The Bertz CT molecular complexity index is 997. The van der Waals surface area contributed by atoms with Crippen LogP contribution in [0.25, 0.3) is 10.2 Å².